The minimum absolute atomic E-state index is 0.0747. The lowest BCUT2D eigenvalue weighted by Crippen LogP contribution is -2.33. The molecule has 12 heteroatoms. The van der Waals surface area contributed by atoms with E-state index in [0.717, 1.165) is 19.3 Å². The van der Waals surface area contributed by atoms with E-state index in [2.05, 4.69) is 9.47 Å². The Hall–Kier alpha value is -3.70. The molecular weight excluding hydrogens is 392 g/mol. The molecular formula is C17H20N2O10. The molecule has 0 bridgehead atoms. The van der Waals surface area contributed by atoms with Gasteiger partial charge in [-0.3, -0.25) is 20.2 Å². The maximum Gasteiger partial charge on any atom is 0.382 e. The second kappa shape index (κ2) is 10.6. The lowest BCUT2D eigenvalue weighted by molar-refractivity contribution is -0.509. The number of hydrogen-bond donors (Lipinski definition) is 0. The summed E-state index contributed by atoms with van der Waals surface area (Å²) in [5.41, 5.74) is -0.880. The number of hydrogen-bond acceptors (Lipinski definition) is 10. The van der Waals surface area contributed by atoms with Crippen molar-refractivity contribution in [2.75, 3.05) is 27.9 Å². The Balaban J connectivity index is 3.55. The topological polar surface area (TPSA) is 157 Å². The van der Waals surface area contributed by atoms with Gasteiger partial charge in [-0.2, -0.15) is 0 Å². The highest BCUT2D eigenvalue weighted by molar-refractivity contribution is 5.95. The summed E-state index contributed by atoms with van der Waals surface area (Å²) in [6.45, 7) is 1.38. The van der Waals surface area contributed by atoms with E-state index in [0.29, 0.717) is 0 Å². The fourth-order valence-corrected chi connectivity index (χ4v) is 2.37. The number of carbonyl (C=O) groups excluding carboxylic acids is 2. The molecule has 1 atom stereocenters. The quantitative estimate of drug-likeness (QED) is 0.240. The maximum atomic E-state index is 12.1. The minimum Gasteiger partial charge on any atom is -0.493 e. The summed E-state index contributed by atoms with van der Waals surface area (Å²) in [4.78, 5) is 45.0. The van der Waals surface area contributed by atoms with E-state index in [1.165, 1.54) is 27.2 Å². The van der Waals surface area contributed by atoms with Gasteiger partial charge in [-0.15, -0.1) is 0 Å². The molecule has 12 nitrogen and oxygen atoms in total. The van der Waals surface area contributed by atoms with Crippen molar-refractivity contribution in [3.8, 4) is 11.5 Å². The second-order valence-corrected chi connectivity index (χ2v) is 5.44. The number of rotatable bonds is 10. The average molecular weight is 412 g/mol. The van der Waals surface area contributed by atoms with Crippen LogP contribution in [0.1, 0.15) is 18.9 Å². The zero-order valence-corrected chi connectivity index (χ0v) is 16.2. The van der Waals surface area contributed by atoms with Crippen LogP contribution < -0.4 is 9.47 Å². The molecule has 0 aliphatic rings. The van der Waals surface area contributed by atoms with Crippen molar-refractivity contribution in [2.45, 2.75) is 19.4 Å². The number of ether oxygens (including phenoxy) is 4. The largest absolute Gasteiger partial charge is 0.493 e. The van der Waals surface area contributed by atoms with Gasteiger partial charge in [0.25, 0.3) is 5.69 Å². The van der Waals surface area contributed by atoms with Gasteiger partial charge in [-0.1, -0.05) is 0 Å². The molecule has 1 unspecified atom stereocenters. The van der Waals surface area contributed by atoms with Crippen LogP contribution >= 0.6 is 0 Å². The highest BCUT2D eigenvalue weighted by atomic mass is 16.6. The third-order valence-corrected chi connectivity index (χ3v) is 3.73. The molecule has 0 radical (unpaired) electrons. The molecule has 0 N–H and O–H groups in total. The molecule has 1 aromatic rings. The molecule has 1 aromatic carbocycles. The summed E-state index contributed by atoms with van der Waals surface area (Å²) in [5.74, 6) is -1.94. The van der Waals surface area contributed by atoms with Gasteiger partial charge in [-0.05, 0) is 19.1 Å². The van der Waals surface area contributed by atoms with Crippen LogP contribution in [-0.2, 0) is 19.1 Å². The van der Waals surface area contributed by atoms with Crippen molar-refractivity contribution in [1.29, 1.82) is 0 Å². The Kier molecular flexibility index (Phi) is 8.52. The van der Waals surface area contributed by atoms with Gasteiger partial charge in [0.05, 0.1) is 50.9 Å². The van der Waals surface area contributed by atoms with Crippen molar-refractivity contribution in [2.24, 2.45) is 0 Å². The second-order valence-electron chi connectivity index (χ2n) is 5.44. The molecule has 158 valence electrons. The summed E-state index contributed by atoms with van der Waals surface area (Å²) >= 11 is 0. The Bertz CT molecular complexity index is 834. The van der Waals surface area contributed by atoms with Crippen molar-refractivity contribution >= 4 is 23.7 Å². The molecule has 29 heavy (non-hydrogen) atoms. The van der Waals surface area contributed by atoms with Gasteiger partial charge in [-0.25, -0.2) is 9.59 Å². The van der Waals surface area contributed by atoms with Gasteiger partial charge >= 0.3 is 18.0 Å². The Morgan fingerprint density at radius 2 is 1.69 bits per heavy atom. The van der Waals surface area contributed by atoms with Crippen LogP contribution in [-0.4, -0.2) is 55.8 Å². The third-order valence-electron chi connectivity index (χ3n) is 3.73. The highest BCUT2D eigenvalue weighted by Gasteiger charge is 2.34. The van der Waals surface area contributed by atoms with Crippen LogP contribution in [0.5, 0.6) is 11.5 Å². The summed E-state index contributed by atoms with van der Waals surface area (Å²) in [5, 5.41) is 22.7. The molecule has 0 aliphatic heterocycles. The molecule has 0 heterocycles. The normalized spacial score (nSPS) is 11.9. The number of nitro groups is 2. The summed E-state index contributed by atoms with van der Waals surface area (Å²) in [7, 11) is 3.63. The number of methoxy groups -OCH3 is 3. The summed E-state index contributed by atoms with van der Waals surface area (Å²) in [6.07, 6.45) is 0.339. The Labute approximate surface area is 165 Å². The fourth-order valence-electron chi connectivity index (χ4n) is 2.37. The first-order chi connectivity index (χ1) is 13.7. The summed E-state index contributed by atoms with van der Waals surface area (Å²) in [6, 6.07) is 0.418. The zero-order chi connectivity index (χ0) is 22.1. The lowest BCUT2D eigenvalue weighted by atomic mass is 10.0. The maximum absolute atomic E-state index is 12.1. The van der Waals surface area contributed by atoms with Gasteiger partial charge in [0.2, 0.25) is 0 Å². The molecule has 1 rings (SSSR count). The van der Waals surface area contributed by atoms with Gasteiger partial charge in [0.1, 0.15) is 0 Å². The first kappa shape index (κ1) is 23.3. The number of benzene rings is 1. The molecule has 0 saturated heterocycles. The van der Waals surface area contributed by atoms with Crippen LogP contribution in [0.25, 0.3) is 6.08 Å². The van der Waals surface area contributed by atoms with E-state index in [1.54, 1.807) is 0 Å². The van der Waals surface area contributed by atoms with Gasteiger partial charge in [0, 0.05) is 10.5 Å². The standard InChI is InChI=1S/C17H20N2O10/c1-5-29-17(21)13(19(24)25)7-11(16(20)28-4)6-10-8-14(26-2)15(27-3)9-12(10)18(22)23/h6,8-9,13H,5,7H2,1-4H3/b11-6+. The van der Waals surface area contributed by atoms with Crippen LogP contribution in [0.3, 0.4) is 0 Å². The van der Waals surface area contributed by atoms with Crippen LogP contribution in [0.4, 0.5) is 5.69 Å². The predicted octanol–water partition coefficient (Wildman–Crippen LogP) is 1.77. The third kappa shape index (κ3) is 5.89. The van der Waals surface area contributed by atoms with Crippen molar-refractivity contribution in [3.05, 3.63) is 43.5 Å². The number of nitro benzene ring substituents is 1. The molecule has 0 saturated carbocycles. The molecule has 0 aromatic heterocycles. The Morgan fingerprint density at radius 3 is 2.14 bits per heavy atom. The molecule has 0 spiro atoms. The van der Waals surface area contributed by atoms with E-state index in [1.807, 2.05) is 0 Å². The van der Waals surface area contributed by atoms with Crippen molar-refractivity contribution in [1.82, 2.24) is 0 Å². The van der Waals surface area contributed by atoms with Crippen LogP contribution in [0.15, 0.2) is 17.7 Å². The first-order valence-electron chi connectivity index (χ1n) is 8.19. The van der Waals surface area contributed by atoms with Crippen molar-refractivity contribution < 1.29 is 38.4 Å². The minimum atomic E-state index is -1.89. The molecule has 0 aliphatic carbocycles. The average Bonchev–Trinajstić information content (AvgIpc) is 2.69. The van der Waals surface area contributed by atoms with Crippen molar-refractivity contribution in [3.63, 3.8) is 0 Å². The van der Waals surface area contributed by atoms with E-state index < -0.39 is 39.9 Å². The Morgan fingerprint density at radius 1 is 1.10 bits per heavy atom. The van der Waals surface area contributed by atoms with E-state index in [4.69, 9.17) is 9.47 Å². The summed E-state index contributed by atoms with van der Waals surface area (Å²) < 4.78 is 19.4. The predicted molar refractivity (Wildman–Crippen MR) is 98.2 cm³/mol. The van der Waals surface area contributed by atoms with E-state index in [-0.39, 0.29) is 29.2 Å². The van der Waals surface area contributed by atoms with E-state index in [9.17, 15) is 29.8 Å². The number of nitrogens with zero attached hydrogens (tertiary/aromatic N) is 2. The smallest absolute Gasteiger partial charge is 0.382 e. The number of esters is 2. The van der Waals surface area contributed by atoms with E-state index >= 15 is 0 Å². The molecule has 0 fully saturated rings. The lowest BCUT2D eigenvalue weighted by Gasteiger charge is -2.12. The van der Waals surface area contributed by atoms with Gasteiger partial charge in [0.15, 0.2) is 11.5 Å². The van der Waals surface area contributed by atoms with Crippen LogP contribution in [0, 0.1) is 20.2 Å². The fraction of sp³-hybridized carbons (Fsp3) is 0.412. The monoisotopic (exact) mass is 412 g/mol. The first-order valence-corrected chi connectivity index (χ1v) is 8.19. The zero-order valence-electron chi connectivity index (χ0n) is 16.2. The molecule has 0 amide bonds. The van der Waals surface area contributed by atoms with Crippen LogP contribution in [0.2, 0.25) is 0 Å². The highest BCUT2D eigenvalue weighted by Crippen LogP contribution is 2.36. The number of carbonyl (C=O) groups is 2. The van der Waals surface area contributed by atoms with Gasteiger partial charge < -0.3 is 18.9 Å². The SMILES string of the molecule is CCOC(=O)C(C/C(=C\c1cc(OC)c(OC)cc1[N+](=O)[O-])C(=O)OC)[N+](=O)[O-].